The molecule has 5 heteroatoms. The van der Waals surface area contributed by atoms with Crippen molar-refractivity contribution in [1.82, 2.24) is 4.98 Å². The van der Waals surface area contributed by atoms with Gasteiger partial charge in [0.2, 0.25) is 0 Å². The lowest BCUT2D eigenvalue weighted by molar-refractivity contribution is 0.0702. The van der Waals surface area contributed by atoms with Gasteiger partial charge in [0.25, 0.3) is 0 Å². The summed E-state index contributed by atoms with van der Waals surface area (Å²) < 4.78 is 0. The van der Waals surface area contributed by atoms with Crippen LogP contribution >= 0.6 is 11.3 Å². The summed E-state index contributed by atoms with van der Waals surface area (Å²) in [6, 6.07) is 5.58. The summed E-state index contributed by atoms with van der Waals surface area (Å²) in [6.45, 7) is 0.734. The predicted octanol–water partition coefficient (Wildman–Crippen LogP) is 2.48. The molecule has 4 nitrogen and oxygen atoms in total. The Bertz CT molecular complexity index is 510. The van der Waals surface area contributed by atoms with Crippen LogP contribution in [0.3, 0.4) is 0 Å². The van der Waals surface area contributed by atoms with E-state index in [-0.39, 0.29) is 0 Å². The third-order valence-corrected chi connectivity index (χ3v) is 3.31. The first-order valence-electron chi connectivity index (χ1n) is 5.08. The number of pyridine rings is 1. The number of hydrogen-bond acceptors (Lipinski definition) is 4. The van der Waals surface area contributed by atoms with Gasteiger partial charge in [-0.1, -0.05) is 0 Å². The van der Waals surface area contributed by atoms with Crippen LogP contribution in [0.1, 0.15) is 15.2 Å². The van der Waals surface area contributed by atoms with E-state index in [4.69, 9.17) is 5.11 Å². The van der Waals surface area contributed by atoms with E-state index >= 15 is 0 Å². The number of thiophene rings is 1. The molecule has 0 aliphatic carbocycles. The summed E-state index contributed by atoms with van der Waals surface area (Å²) in [5.41, 5.74) is 2.06. The number of nitrogens with zero attached hydrogens (tertiary/aromatic N) is 2. The van der Waals surface area contributed by atoms with Gasteiger partial charge in [-0.05, 0) is 23.8 Å². The van der Waals surface area contributed by atoms with E-state index < -0.39 is 5.97 Å². The largest absolute Gasteiger partial charge is 0.477 e. The molecule has 0 radical (unpaired) electrons. The number of carbonyl (C=O) groups is 1. The van der Waals surface area contributed by atoms with E-state index in [1.165, 1.54) is 11.3 Å². The van der Waals surface area contributed by atoms with Crippen molar-refractivity contribution in [2.45, 2.75) is 6.54 Å². The molecule has 0 fully saturated rings. The lowest BCUT2D eigenvalue weighted by Crippen LogP contribution is -2.15. The van der Waals surface area contributed by atoms with Gasteiger partial charge in [-0.2, -0.15) is 0 Å². The number of aromatic nitrogens is 1. The quantitative estimate of drug-likeness (QED) is 0.903. The van der Waals surface area contributed by atoms with Crippen molar-refractivity contribution in [1.29, 1.82) is 0 Å². The normalized spacial score (nSPS) is 10.2. The highest BCUT2D eigenvalue weighted by Crippen LogP contribution is 2.23. The Balaban J connectivity index is 2.09. The minimum atomic E-state index is -0.876. The molecule has 0 spiro atoms. The maximum atomic E-state index is 10.8. The third-order valence-electron chi connectivity index (χ3n) is 2.41. The van der Waals surface area contributed by atoms with Crippen LogP contribution in [0.25, 0.3) is 0 Å². The summed E-state index contributed by atoms with van der Waals surface area (Å²) in [5.74, 6) is -0.876. The SMILES string of the molecule is CN(Cc1ccncc1)c1csc(C(=O)O)c1. The number of hydrogen-bond donors (Lipinski definition) is 1. The van der Waals surface area contributed by atoms with Gasteiger partial charge in [0.05, 0.1) is 0 Å². The standard InChI is InChI=1S/C12H12N2O2S/c1-14(7-9-2-4-13-5-3-9)10-6-11(12(15)16)17-8-10/h2-6,8H,7H2,1H3,(H,15,16). The minimum absolute atomic E-state index is 0.363. The molecule has 0 saturated carbocycles. The van der Waals surface area contributed by atoms with E-state index in [0.29, 0.717) is 4.88 Å². The average molecular weight is 248 g/mol. The molecule has 0 unspecified atom stereocenters. The fraction of sp³-hybridized carbons (Fsp3) is 0.167. The van der Waals surface area contributed by atoms with Crippen LogP contribution in [-0.2, 0) is 6.54 Å². The zero-order valence-electron chi connectivity index (χ0n) is 9.33. The maximum Gasteiger partial charge on any atom is 0.345 e. The van der Waals surface area contributed by atoms with Crippen molar-refractivity contribution in [2.24, 2.45) is 0 Å². The molecular formula is C12H12N2O2S. The molecular weight excluding hydrogens is 236 g/mol. The summed E-state index contributed by atoms with van der Waals surface area (Å²) >= 11 is 1.24. The predicted molar refractivity (Wildman–Crippen MR) is 67.6 cm³/mol. The second kappa shape index (κ2) is 4.97. The maximum absolute atomic E-state index is 10.8. The summed E-state index contributed by atoms with van der Waals surface area (Å²) in [7, 11) is 1.94. The second-order valence-corrected chi connectivity index (χ2v) is 4.60. The molecule has 0 atom stereocenters. The molecule has 0 amide bonds. The lowest BCUT2D eigenvalue weighted by Gasteiger charge is -2.17. The zero-order chi connectivity index (χ0) is 12.3. The van der Waals surface area contributed by atoms with Gasteiger partial charge in [-0.3, -0.25) is 4.98 Å². The van der Waals surface area contributed by atoms with E-state index in [2.05, 4.69) is 4.98 Å². The Morgan fingerprint density at radius 3 is 2.76 bits per heavy atom. The topological polar surface area (TPSA) is 53.4 Å². The van der Waals surface area contributed by atoms with Crippen molar-refractivity contribution in [3.63, 3.8) is 0 Å². The highest BCUT2D eigenvalue weighted by molar-refractivity contribution is 7.12. The Kier molecular flexibility index (Phi) is 3.39. The molecule has 0 aliphatic heterocycles. The number of anilines is 1. The van der Waals surface area contributed by atoms with Crippen molar-refractivity contribution < 1.29 is 9.90 Å². The first-order chi connectivity index (χ1) is 8.16. The van der Waals surface area contributed by atoms with Crippen LogP contribution < -0.4 is 4.90 Å². The molecule has 0 bridgehead atoms. The molecule has 88 valence electrons. The fourth-order valence-electron chi connectivity index (χ4n) is 1.49. The van der Waals surface area contributed by atoms with Gasteiger partial charge in [-0.25, -0.2) is 4.79 Å². The van der Waals surface area contributed by atoms with E-state index in [1.807, 2.05) is 29.5 Å². The van der Waals surface area contributed by atoms with Crippen molar-refractivity contribution in [3.8, 4) is 0 Å². The lowest BCUT2D eigenvalue weighted by atomic mass is 10.2. The monoisotopic (exact) mass is 248 g/mol. The van der Waals surface area contributed by atoms with Crippen LogP contribution in [0.15, 0.2) is 36.0 Å². The van der Waals surface area contributed by atoms with Crippen LogP contribution in [0.5, 0.6) is 0 Å². The van der Waals surface area contributed by atoms with Crippen molar-refractivity contribution >= 4 is 23.0 Å². The molecule has 17 heavy (non-hydrogen) atoms. The molecule has 2 aromatic rings. The summed E-state index contributed by atoms with van der Waals surface area (Å²) in [6.07, 6.45) is 3.50. The Labute approximate surface area is 103 Å². The number of aromatic carboxylic acids is 1. The van der Waals surface area contributed by atoms with Crippen LogP contribution in [-0.4, -0.2) is 23.1 Å². The molecule has 0 aliphatic rings. The van der Waals surface area contributed by atoms with Crippen molar-refractivity contribution in [3.05, 3.63) is 46.4 Å². The first-order valence-corrected chi connectivity index (χ1v) is 5.96. The Morgan fingerprint density at radius 2 is 2.18 bits per heavy atom. The fourth-order valence-corrected chi connectivity index (χ4v) is 2.28. The molecule has 0 saturated heterocycles. The smallest absolute Gasteiger partial charge is 0.345 e. The Morgan fingerprint density at radius 1 is 1.47 bits per heavy atom. The number of carboxylic acid groups (broad SMARTS) is 1. The molecule has 1 N–H and O–H groups in total. The first kappa shape index (κ1) is 11.6. The zero-order valence-corrected chi connectivity index (χ0v) is 10.1. The minimum Gasteiger partial charge on any atom is -0.477 e. The highest BCUT2D eigenvalue weighted by Gasteiger charge is 2.09. The number of carboxylic acids is 1. The van der Waals surface area contributed by atoms with Gasteiger partial charge in [0.15, 0.2) is 0 Å². The average Bonchev–Trinajstić information content (AvgIpc) is 2.79. The van der Waals surface area contributed by atoms with Gasteiger partial charge < -0.3 is 10.0 Å². The molecule has 2 heterocycles. The molecule has 2 aromatic heterocycles. The molecule has 0 aromatic carbocycles. The van der Waals surface area contributed by atoms with Crippen molar-refractivity contribution in [2.75, 3.05) is 11.9 Å². The van der Waals surface area contributed by atoms with Crippen LogP contribution in [0.2, 0.25) is 0 Å². The van der Waals surface area contributed by atoms with E-state index in [0.717, 1.165) is 17.8 Å². The third kappa shape index (κ3) is 2.82. The highest BCUT2D eigenvalue weighted by atomic mass is 32.1. The van der Waals surface area contributed by atoms with E-state index in [9.17, 15) is 4.79 Å². The summed E-state index contributed by atoms with van der Waals surface area (Å²) in [4.78, 5) is 17.1. The van der Waals surface area contributed by atoms with Gasteiger partial charge in [-0.15, -0.1) is 11.3 Å². The number of rotatable bonds is 4. The van der Waals surface area contributed by atoms with Crippen LogP contribution in [0, 0.1) is 0 Å². The van der Waals surface area contributed by atoms with Gasteiger partial charge in [0.1, 0.15) is 4.88 Å². The van der Waals surface area contributed by atoms with E-state index in [1.54, 1.807) is 18.5 Å². The Hall–Kier alpha value is -1.88. The van der Waals surface area contributed by atoms with Crippen LogP contribution in [0.4, 0.5) is 5.69 Å². The van der Waals surface area contributed by atoms with Gasteiger partial charge >= 0.3 is 5.97 Å². The summed E-state index contributed by atoms with van der Waals surface area (Å²) in [5, 5.41) is 10.7. The molecule has 2 rings (SSSR count). The van der Waals surface area contributed by atoms with Gasteiger partial charge in [0, 0.05) is 37.1 Å². The second-order valence-electron chi connectivity index (χ2n) is 3.69.